The molecule has 0 bridgehead atoms. The second-order valence-electron chi connectivity index (χ2n) is 10.6. The zero-order valence-corrected chi connectivity index (χ0v) is 30.5. The molecule has 0 amide bonds. The van der Waals surface area contributed by atoms with Crippen molar-refractivity contribution in [1.29, 1.82) is 0 Å². The molecule has 0 fully saturated rings. The predicted molar refractivity (Wildman–Crippen MR) is 174 cm³/mol. The van der Waals surface area contributed by atoms with Gasteiger partial charge in [-0.25, -0.2) is 0 Å². The van der Waals surface area contributed by atoms with E-state index in [9.17, 15) is 14.7 Å². The maximum atomic E-state index is 13.6. The van der Waals surface area contributed by atoms with Crippen LogP contribution in [0.2, 0.25) is 0 Å². The van der Waals surface area contributed by atoms with E-state index in [4.69, 9.17) is 53.1 Å². The number of carboxylic acid groups (broad SMARTS) is 1. The second kappa shape index (κ2) is 25.5. The molecular formula is C33H65NO13. The molecule has 0 aromatic heterocycles. The summed E-state index contributed by atoms with van der Waals surface area (Å²) in [6.07, 6.45) is 2.29. The highest BCUT2D eigenvalue weighted by atomic mass is 17.0. The monoisotopic (exact) mass is 683 g/mol. The lowest BCUT2D eigenvalue weighted by atomic mass is 10.1. The second-order valence-corrected chi connectivity index (χ2v) is 10.6. The molecule has 0 heterocycles. The number of carbonyl (C=O) groups is 2. The number of hydrogen-bond acceptors (Lipinski definition) is 13. The van der Waals surface area contributed by atoms with E-state index in [0.717, 1.165) is 32.1 Å². The highest BCUT2D eigenvalue weighted by Crippen LogP contribution is 2.41. The molecule has 0 aliphatic rings. The van der Waals surface area contributed by atoms with Crippen LogP contribution in [0, 0.1) is 0 Å². The van der Waals surface area contributed by atoms with Crippen molar-refractivity contribution in [3.8, 4) is 0 Å². The third-order valence-electron chi connectivity index (χ3n) is 6.93. The van der Waals surface area contributed by atoms with Gasteiger partial charge in [-0.2, -0.15) is 0 Å². The summed E-state index contributed by atoms with van der Waals surface area (Å²) in [5.41, 5.74) is 6.12. The Morgan fingerprint density at radius 1 is 0.660 bits per heavy atom. The number of carbonyl (C=O) groups excluding carboxylic acids is 1. The van der Waals surface area contributed by atoms with Gasteiger partial charge in [-0.05, 0) is 67.7 Å². The van der Waals surface area contributed by atoms with Crippen LogP contribution in [0.4, 0.5) is 0 Å². The van der Waals surface area contributed by atoms with Crippen LogP contribution < -0.4 is 5.73 Å². The predicted octanol–water partition coefficient (Wildman–Crippen LogP) is 5.09. The molecule has 3 unspecified atom stereocenters. The molecule has 14 nitrogen and oxygen atoms in total. The van der Waals surface area contributed by atoms with Crippen molar-refractivity contribution in [3.63, 3.8) is 0 Å². The number of ether oxygens (including phenoxy) is 10. The molecule has 280 valence electrons. The molecule has 47 heavy (non-hydrogen) atoms. The minimum Gasteiger partial charge on any atom is -0.481 e. The average Bonchev–Trinajstić information content (AvgIpc) is 3.03. The molecule has 0 radical (unpaired) electrons. The Morgan fingerprint density at radius 2 is 1.17 bits per heavy atom. The summed E-state index contributed by atoms with van der Waals surface area (Å²) >= 11 is 0. The number of rotatable bonds is 32. The third-order valence-corrected chi connectivity index (χ3v) is 6.93. The molecule has 14 heteroatoms. The molecule has 4 atom stereocenters. The molecule has 0 aliphatic heterocycles. The lowest BCUT2D eigenvalue weighted by Gasteiger charge is -2.49. The van der Waals surface area contributed by atoms with Crippen LogP contribution in [0.5, 0.6) is 0 Å². The molecule has 0 spiro atoms. The molecule has 0 aromatic rings. The largest absolute Gasteiger partial charge is 0.481 e. The van der Waals surface area contributed by atoms with Gasteiger partial charge < -0.3 is 58.2 Å². The van der Waals surface area contributed by atoms with E-state index in [1.54, 1.807) is 41.5 Å². The quantitative estimate of drug-likeness (QED) is 0.0545. The topological polar surface area (TPSA) is 173 Å². The van der Waals surface area contributed by atoms with Crippen molar-refractivity contribution in [3.05, 3.63) is 0 Å². The highest BCUT2D eigenvalue weighted by Gasteiger charge is 2.66. The Morgan fingerprint density at radius 3 is 1.64 bits per heavy atom. The fraction of sp³-hybridized carbons (Fsp3) is 0.939. The van der Waals surface area contributed by atoms with E-state index in [1.165, 1.54) is 0 Å². The SMILES string of the molecule is CCCCCOC(OCC)C(OCC)(OCC)C(C)OC(OCC)(OC(=O)[C@@H](N)CCC(=O)O)C(OCC)(OCC)OCCCCC. The van der Waals surface area contributed by atoms with Gasteiger partial charge in [0.15, 0.2) is 0 Å². The number of nitrogens with two attached hydrogens (primary N) is 1. The fourth-order valence-corrected chi connectivity index (χ4v) is 4.78. The summed E-state index contributed by atoms with van der Waals surface area (Å²) in [4.78, 5) is 24.9. The first-order valence-corrected chi connectivity index (χ1v) is 17.4. The van der Waals surface area contributed by atoms with Gasteiger partial charge in [0.25, 0.3) is 0 Å². The summed E-state index contributed by atoms with van der Waals surface area (Å²) < 4.78 is 62.2. The number of aliphatic carboxylic acids is 1. The van der Waals surface area contributed by atoms with Crippen LogP contribution in [0.1, 0.15) is 114 Å². The van der Waals surface area contributed by atoms with Crippen LogP contribution in [0.3, 0.4) is 0 Å². The zero-order valence-electron chi connectivity index (χ0n) is 30.5. The smallest absolute Gasteiger partial charge is 0.417 e. The number of esters is 1. The van der Waals surface area contributed by atoms with Crippen LogP contribution in [0.25, 0.3) is 0 Å². The van der Waals surface area contributed by atoms with Crippen LogP contribution >= 0.6 is 0 Å². The first-order valence-electron chi connectivity index (χ1n) is 17.4. The first-order chi connectivity index (χ1) is 22.5. The lowest BCUT2D eigenvalue weighted by Crippen LogP contribution is -2.69. The van der Waals surface area contributed by atoms with Crippen molar-refractivity contribution >= 4 is 11.9 Å². The zero-order chi connectivity index (χ0) is 35.8. The summed E-state index contributed by atoms with van der Waals surface area (Å²) in [6.45, 7) is 17.4. The molecule has 0 rings (SSSR count). The van der Waals surface area contributed by atoms with E-state index in [-0.39, 0.29) is 59.1 Å². The number of hydrogen-bond donors (Lipinski definition) is 2. The van der Waals surface area contributed by atoms with Crippen molar-refractivity contribution in [2.24, 2.45) is 5.73 Å². The summed E-state index contributed by atoms with van der Waals surface area (Å²) in [5, 5.41) is 9.20. The standard InChI is InChI=1S/C33H65NO13/c1-10-18-20-24-39-30(38-12-3)31(40-13-4,41-14-5)26(9)46-33(44-17-8,47-29(37)27(34)22-23-28(35)36)32(42-15-6,43-16-7)45-25-21-19-11-2/h26-27,30H,10-25,34H2,1-9H3,(H,35,36)/t26?,27-,30?,33?/m0/s1. The molecule has 3 N–H and O–H groups in total. The maximum Gasteiger partial charge on any atom is 0.417 e. The number of unbranched alkanes of at least 4 members (excludes halogenated alkanes) is 4. The van der Waals surface area contributed by atoms with Gasteiger partial charge in [0.2, 0.25) is 12.1 Å². The van der Waals surface area contributed by atoms with Gasteiger partial charge in [0, 0.05) is 46.1 Å². The van der Waals surface area contributed by atoms with Gasteiger partial charge in [-0.3, -0.25) is 9.59 Å². The van der Waals surface area contributed by atoms with Gasteiger partial charge in [0.1, 0.15) is 12.1 Å². The Kier molecular flexibility index (Phi) is 24.7. The van der Waals surface area contributed by atoms with Crippen LogP contribution in [-0.2, 0) is 57.0 Å². The van der Waals surface area contributed by atoms with Crippen molar-refractivity contribution < 1.29 is 62.1 Å². The average molecular weight is 684 g/mol. The Bertz CT molecular complexity index is 805. The van der Waals surface area contributed by atoms with Gasteiger partial charge >= 0.3 is 23.9 Å². The number of carboxylic acids is 1. The molecule has 0 saturated heterocycles. The summed E-state index contributed by atoms with van der Waals surface area (Å²) in [6, 6.07) is -1.35. The van der Waals surface area contributed by atoms with E-state index < -0.39 is 48.1 Å². The van der Waals surface area contributed by atoms with Crippen molar-refractivity contribution in [2.75, 3.05) is 52.9 Å². The van der Waals surface area contributed by atoms with Crippen LogP contribution in [-0.4, -0.2) is 106 Å². The minimum absolute atomic E-state index is 0.0349. The van der Waals surface area contributed by atoms with Gasteiger partial charge in [-0.1, -0.05) is 39.5 Å². The molecular weight excluding hydrogens is 618 g/mol. The van der Waals surface area contributed by atoms with E-state index in [0.29, 0.717) is 13.0 Å². The minimum atomic E-state index is -2.56. The normalized spacial score (nSPS) is 15.6. The summed E-state index contributed by atoms with van der Waals surface area (Å²) in [7, 11) is 0. The Hall–Kier alpha value is -1.46. The molecule has 0 saturated carbocycles. The molecule has 0 aromatic carbocycles. The van der Waals surface area contributed by atoms with E-state index in [2.05, 4.69) is 6.92 Å². The van der Waals surface area contributed by atoms with Gasteiger partial charge in [0.05, 0.1) is 13.2 Å². The van der Waals surface area contributed by atoms with E-state index >= 15 is 0 Å². The van der Waals surface area contributed by atoms with Crippen molar-refractivity contribution in [2.45, 2.75) is 150 Å². The fourth-order valence-electron chi connectivity index (χ4n) is 4.78. The summed E-state index contributed by atoms with van der Waals surface area (Å²) in [5.74, 6) is -8.67. The first kappa shape index (κ1) is 45.5. The van der Waals surface area contributed by atoms with E-state index in [1.807, 2.05) is 13.8 Å². The van der Waals surface area contributed by atoms with Crippen molar-refractivity contribution in [1.82, 2.24) is 0 Å². The molecule has 0 aliphatic carbocycles. The maximum absolute atomic E-state index is 13.6. The van der Waals surface area contributed by atoms with Crippen LogP contribution in [0.15, 0.2) is 0 Å². The Balaban J connectivity index is 7.36. The highest BCUT2D eigenvalue weighted by molar-refractivity contribution is 5.77. The van der Waals surface area contributed by atoms with Gasteiger partial charge in [-0.15, -0.1) is 0 Å². The Labute approximate surface area is 282 Å². The lowest BCUT2D eigenvalue weighted by molar-refractivity contribution is -0.564. The third kappa shape index (κ3) is 14.5.